The van der Waals surface area contributed by atoms with Gasteiger partial charge >= 0.3 is 0 Å². The van der Waals surface area contributed by atoms with Gasteiger partial charge in [-0.2, -0.15) is 0 Å². The standard InChI is InChI=1S/C19H34N2/c1-6-12-21(15-19(4,5)14-20)18(13-16(2)3)17-10-8-7-9-11-17/h7-11,16,18H,6,12-15,20H2,1-5H3. The Bertz CT molecular complexity index is 384. The Morgan fingerprint density at radius 3 is 2.24 bits per heavy atom. The van der Waals surface area contributed by atoms with Gasteiger partial charge in [0.2, 0.25) is 0 Å². The topological polar surface area (TPSA) is 29.3 Å². The van der Waals surface area contributed by atoms with Crippen LogP contribution < -0.4 is 5.73 Å². The van der Waals surface area contributed by atoms with Crippen molar-refractivity contribution in [1.29, 1.82) is 0 Å². The summed E-state index contributed by atoms with van der Waals surface area (Å²) in [7, 11) is 0. The molecule has 0 saturated heterocycles. The summed E-state index contributed by atoms with van der Waals surface area (Å²) in [5.74, 6) is 0.690. The van der Waals surface area contributed by atoms with Crippen LogP contribution in [0, 0.1) is 11.3 Å². The van der Waals surface area contributed by atoms with Crippen LogP contribution in [0.1, 0.15) is 59.1 Å². The molecule has 0 aliphatic carbocycles. The predicted molar refractivity (Wildman–Crippen MR) is 93.3 cm³/mol. The number of rotatable bonds is 9. The first-order valence-electron chi connectivity index (χ1n) is 8.38. The molecule has 21 heavy (non-hydrogen) atoms. The maximum atomic E-state index is 5.96. The molecule has 2 heteroatoms. The van der Waals surface area contributed by atoms with Crippen LogP contribution in [-0.2, 0) is 0 Å². The number of nitrogens with two attached hydrogens (primary N) is 1. The van der Waals surface area contributed by atoms with Crippen LogP contribution in [-0.4, -0.2) is 24.5 Å². The van der Waals surface area contributed by atoms with E-state index >= 15 is 0 Å². The molecular weight excluding hydrogens is 256 g/mol. The summed E-state index contributed by atoms with van der Waals surface area (Å²) >= 11 is 0. The molecule has 1 atom stereocenters. The molecule has 1 unspecified atom stereocenters. The number of nitrogens with zero attached hydrogens (tertiary/aromatic N) is 1. The van der Waals surface area contributed by atoms with Crippen molar-refractivity contribution in [3.63, 3.8) is 0 Å². The highest BCUT2D eigenvalue weighted by atomic mass is 15.2. The second-order valence-electron chi connectivity index (χ2n) is 7.39. The lowest BCUT2D eigenvalue weighted by Crippen LogP contribution is -2.41. The van der Waals surface area contributed by atoms with Gasteiger partial charge in [0, 0.05) is 12.6 Å². The van der Waals surface area contributed by atoms with Gasteiger partial charge in [-0.25, -0.2) is 0 Å². The van der Waals surface area contributed by atoms with Crippen LogP contribution in [0.15, 0.2) is 30.3 Å². The molecule has 120 valence electrons. The molecule has 2 N–H and O–H groups in total. The van der Waals surface area contributed by atoms with Gasteiger partial charge in [-0.3, -0.25) is 4.90 Å². The summed E-state index contributed by atoms with van der Waals surface area (Å²) in [4.78, 5) is 2.64. The number of hydrogen-bond acceptors (Lipinski definition) is 2. The lowest BCUT2D eigenvalue weighted by molar-refractivity contribution is 0.118. The summed E-state index contributed by atoms with van der Waals surface area (Å²) in [6, 6.07) is 11.4. The van der Waals surface area contributed by atoms with E-state index in [4.69, 9.17) is 5.73 Å². The van der Waals surface area contributed by atoms with E-state index in [9.17, 15) is 0 Å². The molecule has 0 heterocycles. The van der Waals surface area contributed by atoms with E-state index in [0.29, 0.717) is 12.0 Å². The molecule has 0 saturated carbocycles. The van der Waals surface area contributed by atoms with Crippen LogP contribution in [0.3, 0.4) is 0 Å². The van der Waals surface area contributed by atoms with Crippen molar-refractivity contribution in [1.82, 2.24) is 4.90 Å². The van der Waals surface area contributed by atoms with E-state index in [2.05, 4.69) is 69.9 Å². The van der Waals surface area contributed by atoms with Crippen LogP contribution in [0.4, 0.5) is 0 Å². The minimum absolute atomic E-state index is 0.166. The fraction of sp³-hybridized carbons (Fsp3) is 0.684. The quantitative estimate of drug-likeness (QED) is 0.727. The van der Waals surface area contributed by atoms with E-state index in [0.717, 1.165) is 19.6 Å². The molecule has 0 radical (unpaired) electrons. The van der Waals surface area contributed by atoms with E-state index in [1.807, 2.05) is 0 Å². The predicted octanol–water partition coefficient (Wildman–Crippen LogP) is 4.47. The van der Waals surface area contributed by atoms with Gasteiger partial charge in [0.1, 0.15) is 0 Å². The average Bonchev–Trinajstić information content (AvgIpc) is 2.45. The van der Waals surface area contributed by atoms with Crippen LogP contribution in [0.5, 0.6) is 0 Å². The second-order valence-corrected chi connectivity index (χ2v) is 7.39. The molecule has 0 aliphatic rings. The van der Waals surface area contributed by atoms with Crippen molar-refractivity contribution in [2.75, 3.05) is 19.6 Å². The largest absolute Gasteiger partial charge is 0.330 e. The van der Waals surface area contributed by atoms with Crippen molar-refractivity contribution in [3.05, 3.63) is 35.9 Å². The summed E-state index contributed by atoms with van der Waals surface area (Å²) in [5, 5.41) is 0. The maximum absolute atomic E-state index is 5.96. The van der Waals surface area contributed by atoms with Gasteiger partial charge in [0.15, 0.2) is 0 Å². The van der Waals surface area contributed by atoms with Gasteiger partial charge < -0.3 is 5.73 Å². The highest BCUT2D eigenvalue weighted by molar-refractivity contribution is 5.19. The van der Waals surface area contributed by atoms with Crippen LogP contribution in [0.25, 0.3) is 0 Å². The zero-order valence-electron chi connectivity index (χ0n) is 14.6. The van der Waals surface area contributed by atoms with Crippen molar-refractivity contribution >= 4 is 0 Å². The molecule has 0 spiro atoms. The minimum atomic E-state index is 0.166. The van der Waals surface area contributed by atoms with Gasteiger partial charge in [-0.1, -0.05) is 65.0 Å². The average molecular weight is 290 g/mol. The molecule has 0 aliphatic heterocycles. The smallest absolute Gasteiger partial charge is 0.0350 e. The molecule has 0 amide bonds. The van der Waals surface area contributed by atoms with Crippen LogP contribution >= 0.6 is 0 Å². The van der Waals surface area contributed by atoms with Gasteiger partial charge in [0.05, 0.1) is 0 Å². The third-order valence-electron chi connectivity index (χ3n) is 4.01. The number of hydrogen-bond donors (Lipinski definition) is 1. The van der Waals surface area contributed by atoms with E-state index in [1.54, 1.807) is 0 Å². The Morgan fingerprint density at radius 2 is 1.76 bits per heavy atom. The van der Waals surface area contributed by atoms with Crippen molar-refractivity contribution in [3.8, 4) is 0 Å². The zero-order valence-corrected chi connectivity index (χ0v) is 14.6. The molecule has 1 aromatic rings. The Morgan fingerprint density at radius 1 is 1.14 bits per heavy atom. The van der Waals surface area contributed by atoms with Crippen molar-refractivity contribution in [2.24, 2.45) is 17.1 Å². The first-order valence-corrected chi connectivity index (χ1v) is 8.38. The lowest BCUT2D eigenvalue weighted by atomic mass is 9.89. The fourth-order valence-corrected chi connectivity index (χ4v) is 2.86. The summed E-state index contributed by atoms with van der Waals surface area (Å²) in [6.45, 7) is 14.4. The lowest BCUT2D eigenvalue weighted by Gasteiger charge is -2.38. The molecule has 0 bridgehead atoms. The highest BCUT2D eigenvalue weighted by Crippen LogP contribution is 2.30. The highest BCUT2D eigenvalue weighted by Gasteiger charge is 2.26. The second kappa shape index (κ2) is 8.55. The normalized spacial score (nSPS) is 13.9. The Labute approximate surface area is 131 Å². The summed E-state index contributed by atoms with van der Waals surface area (Å²) in [5.41, 5.74) is 7.57. The van der Waals surface area contributed by atoms with Gasteiger partial charge in [-0.05, 0) is 42.8 Å². The molecule has 1 aromatic carbocycles. The van der Waals surface area contributed by atoms with E-state index in [-0.39, 0.29) is 5.41 Å². The third-order valence-corrected chi connectivity index (χ3v) is 4.01. The molecule has 2 nitrogen and oxygen atoms in total. The van der Waals surface area contributed by atoms with E-state index in [1.165, 1.54) is 18.4 Å². The van der Waals surface area contributed by atoms with Crippen molar-refractivity contribution < 1.29 is 0 Å². The third kappa shape index (κ3) is 6.19. The Balaban J connectivity index is 3.00. The minimum Gasteiger partial charge on any atom is -0.330 e. The van der Waals surface area contributed by atoms with Crippen molar-refractivity contribution in [2.45, 2.75) is 53.5 Å². The molecule has 0 aromatic heterocycles. The monoisotopic (exact) mass is 290 g/mol. The Hall–Kier alpha value is -0.860. The van der Waals surface area contributed by atoms with Gasteiger partial charge in [0.25, 0.3) is 0 Å². The first-order chi connectivity index (χ1) is 9.89. The Kier molecular flexibility index (Phi) is 7.41. The van der Waals surface area contributed by atoms with Crippen LogP contribution in [0.2, 0.25) is 0 Å². The molecular formula is C19H34N2. The van der Waals surface area contributed by atoms with E-state index < -0.39 is 0 Å². The summed E-state index contributed by atoms with van der Waals surface area (Å²) in [6.07, 6.45) is 2.38. The molecule has 0 fully saturated rings. The fourth-order valence-electron chi connectivity index (χ4n) is 2.86. The SMILES string of the molecule is CCCN(CC(C)(C)CN)C(CC(C)C)c1ccccc1. The number of benzene rings is 1. The zero-order chi connectivity index (χ0) is 15.9. The maximum Gasteiger partial charge on any atom is 0.0350 e. The first kappa shape index (κ1) is 18.2. The summed E-state index contributed by atoms with van der Waals surface area (Å²) < 4.78 is 0. The van der Waals surface area contributed by atoms with Gasteiger partial charge in [-0.15, -0.1) is 0 Å². The molecule has 1 rings (SSSR count).